The van der Waals surface area contributed by atoms with Gasteiger partial charge in [-0.25, -0.2) is 4.39 Å². The second kappa shape index (κ2) is 6.11. The SMILES string of the molecule is CSCCN(C)c1cccc(F)c1[C@@H](C)O. The number of anilines is 1. The van der Waals surface area contributed by atoms with Gasteiger partial charge in [0.25, 0.3) is 0 Å². The van der Waals surface area contributed by atoms with Gasteiger partial charge in [0.15, 0.2) is 0 Å². The maximum absolute atomic E-state index is 13.6. The zero-order valence-electron chi connectivity index (χ0n) is 9.90. The van der Waals surface area contributed by atoms with E-state index >= 15 is 0 Å². The number of aliphatic hydroxyl groups excluding tert-OH is 1. The molecule has 0 fully saturated rings. The molecular formula is C12H18FNOS. The molecule has 0 heterocycles. The maximum atomic E-state index is 13.6. The molecule has 0 aliphatic rings. The van der Waals surface area contributed by atoms with Gasteiger partial charge in [-0.1, -0.05) is 6.07 Å². The monoisotopic (exact) mass is 243 g/mol. The van der Waals surface area contributed by atoms with E-state index in [4.69, 9.17) is 0 Å². The van der Waals surface area contributed by atoms with Gasteiger partial charge in [0, 0.05) is 30.6 Å². The normalized spacial score (nSPS) is 12.6. The van der Waals surface area contributed by atoms with E-state index in [1.165, 1.54) is 6.07 Å². The lowest BCUT2D eigenvalue weighted by atomic mass is 10.1. The largest absolute Gasteiger partial charge is 0.389 e. The van der Waals surface area contributed by atoms with Gasteiger partial charge >= 0.3 is 0 Å². The summed E-state index contributed by atoms with van der Waals surface area (Å²) >= 11 is 1.75. The Labute approximate surface area is 100 Å². The Bertz CT molecular complexity index is 344. The molecule has 16 heavy (non-hydrogen) atoms. The molecule has 0 spiro atoms. The molecule has 0 aliphatic heterocycles. The molecule has 1 atom stereocenters. The van der Waals surface area contributed by atoms with Crippen LogP contribution in [0.5, 0.6) is 0 Å². The van der Waals surface area contributed by atoms with Crippen molar-refractivity contribution in [1.29, 1.82) is 0 Å². The van der Waals surface area contributed by atoms with Gasteiger partial charge in [0.1, 0.15) is 5.82 Å². The number of hydrogen-bond acceptors (Lipinski definition) is 3. The number of thioether (sulfide) groups is 1. The molecule has 1 aromatic carbocycles. The molecule has 0 amide bonds. The van der Waals surface area contributed by atoms with E-state index in [1.807, 2.05) is 24.3 Å². The lowest BCUT2D eigenvalue weighted by Gasteiger charge is -2.23. The highest BCUT2D eigenvalue weighted by Crippen LogP contribution is 2.28. The van der Waals surface area contributed by atoms with Crippen LogP contribution in [0, 0.1) is 5.82 Å². The van der Waals surface area contributed by atoms with Crippen LogP contribution in [-0.2, 0) is 0 Å². The first-order valence-corrected chi connectivity index (χ1v) is 6.64. The topological polar surface area (TPSA) is 23.5 Å². The Morgan fingerprint density at radius 2 is 2.19 bits per heavy atom. The number of benzene rings is 1. The molecule has 0 unspecified atom stereocenters. The average Bonchev–Trinajstić information content (AvgIpc) is 2.24. The number of rotatable bonds is 5. The average molecular weight is 243 g/mol. The minimum atomic E-state index is -0.784. The minimum Gasteiger partial charge on any atom is -0.389 e. The van der Waals surface area contributed by atoms with E-state index in [1.54, 1.807) is 24.8 Å². The van der Waals surface area contributed by atoms with Gasteiger partial charge in [-0.15, -0.1) is 0 Å². The van der Waals surface area contributed by atoms with Gasteiger partial charge in [-0.2, -0.15) is 11.8 Å². The highest BCUT2D eigenvalue weighted by atomic mass is 32.2. The van der Waals surface area contributed by atoms with Crippen molar-refractivity contribution in [2.45, 2.75) is 13.0 Å². The Morgan fingerprint density at radius 3 is 2.75 bits per heavy atom. The van der Waals surface area contributed by atoms with Gasteiger partial charge in [0.05, 0.1) is 6.10 Å². The summed E-state index contributed by atoms with van der Waals surface area (Å²) < 4.78 is 13.6. The van der Waals surface area contributed by atoms with E-state index in [-0.39, 0.29) is 5.82 Å². The van der Waals surface area contributed by atoms with Crippen LogP contribution in [0.15, 0.2) is 18.2 Å². The first-order valence-electron chi connectivity index (χ1n) is 5.24. The summed E-state index contributed by atoms with van der Waals surface area (Å²) in [5, 5.41) is 9.59. The molecule has 0 saturated heterocycles. The fourth-order valence-corrected chi connectivity index (χ4v) is 2.08. The summed E-state index contributed by atoms with van der Waals surface area (Å²) in [4.78, 5) is 1.97. The molecule has 4 heteroatoms. The molecule has 0 aliphatic carbocycles. The molecule has 90 valence electrons. The van der Waals surface area contributed by atoms with Crippen LogP contribution in [0.3, 0.4) is 0 Å². The highest BCUT2D eigenvalue weighted by molar-refractivity contribution is 7.98. The second-order valence-corrected chi connectivity index (χ2v) is 4.75. The van der Waals surface area contributed by atoms with E-state index in [0.29, 0.717) is 5.56 Å². The summed E-state index contributed by atoms with van der Waals surface area (Å²) in [6.07, 6.45) is 1.25. The van der Waals surface area contributed by atoms with Crippen molar-refractivity contribution in [2.24, 2.45) is 0 Å². The van der Waals surface area contributed by atoms with E-state index in [2.05, 4.69) is 0 Å². The van der Waals surface area contributed by atoms with Crippen LogP contribution in [0.4, 0.5) is 10.1 Å². The zero-order valence-corrected chi connectivity index (χ0v) is 10.7. The fraction of sp³-hybridized carbons (Fsp3) is 0.500. The Kier molecular flexibility index (Phi) is 5.09. The van der Waals surface area contributed by atoms with Crippen molar-refractivity contribution in [3.05, 3.63) is 29.6 Å². The predicted molar refractivity (Wildman–Crippen MR) is 68.7 cm³/mol. The molecule has 0 saturated carbocycles. The summed E-state index contributed by atoms with van der Waals surface area (Å²) in [7, 11) is 1.91. The lowest BCUT2D eigenvalue weighted by molar-refractivity contribution is 0.194. The van der Waals surface area contributed by atoms with Crippen molar-refractivity contribution in [3.63, 3.8) is 0 Å². The number of aliphatic hydroxyl groups is 1. The Balaban J connectivity index is 2.98. The zero-order chi connectivity index (χ0) is 12.1. The Hall–Kier alpha value is -0.740. The van der Waals surface area contributed by atoms with Crippen LogP contribution in [0.1, 0.15) is 18.6 Å². The van der Waals surface area contributed by atoms with Crippen LogP contribution in [0.2, 0.25) is 0 Å². The van der Waals surface area contributed by atoms with Crippen molar-refractivity contribution in [1.82, 2.24) is 0 Å². The lowest BCUT2D eigenvalue weighted by Crippen LogP contribution is -2.22. The minimum absolute atomic E-state index is 0.344. The third-order valence-electron chi connectivity index (χ3n) is 2.49. The smallest absolute Gasteiger partial charge is 0.131 e. The quantitative estimate of drug-likeness (QED) is 0.860. The summed E-state index contributed by atoms with van der Waals surface area (Å²) in [5.74, 6) is 0.634. The molecule has 1 N–H and O–H groups in total. The first-order chi connectivity index (χ1) is 7.57. The number of nitrogens with zero attached hydrogens (tertiary/aromatic N) is 1. The first kappa shape index (κ1) is 13.3. The summed E-state index contributed by atoms with van der Waals surface area (Å²) in [5.41, 5.74) is 1.15. The van der Waals surface area contributed by atoms with E-state index in [9.17, 15) is 9.50 Å². The molecule has 0 bridgehead atoms. The van der Waals surface area contributed by atoms with Crippen molar-refractivity contribution < 1.29 is 9.50 Å². The molecule has 1 aromatic rings. The number of halogens is 1. The van der Waals surface area contributed by atoms with E-state index in [0.717, 1.165) is 18.0 Å². The molecule has 1 rings (SSSR count). The van der Waals surface area contributed by atoms with Crippen molar-refractivity contribution in [2.75, 3.05) is 30.5 Å². The van der Waals surface area contributed by atoms with Gasteiger partial charge < -0.3 is 10.0 Å². The molecule has 2 nitrogen and oxygen atoms in total. The third-order valence-corrected chi connectivity index (χ3v) is 3.08. The standard InChI is InChI=1S/C12H18FNOS/c1-9(15)12-10(13)5-4-6-11(12)14(2)7-8-16-3/h4-6,9,15H,7-8H2,1-3H3/t9-/m1/s1. The summed E-state index contributed by atoms with van der Waals surface area (Å²) in [6.45, 7) is 2.43. The van der Waals surface area contributed by atoms with E-state index < -0.39 is 6.10 Å². The fourth-order valence-electron chi connectivity index (χ4n) is 1.62. The van der Waals surface area contributed by atoms with Gasteiger partial charge in [-0.05, 0) is 25.3 Å². The van der Waals surface area contributed by atoms with Gasteiger partial charge in [0.2, 0.25) is 0 Å². The maximum Gasteiger partial charge on any atom is 0.131 e. The van der Waals surface area contributed by atoms with Crippen LogP contribution < -0.4 is 4.90 Å². The van der Waals surface area contributed by atoms with Crippen LogP contribution >= 0.6 is 11.8 Å². The molecular weight excluding hydrogens is 225 g/mol. The third kappa shape index (κ3) is 3.12. The summed E-state index contributed by atoms with van der Waals surface area (Å²) in [6, 6.07) is 4.89. The van der Waals surface area contributed by atoms with Crippen LogP contribution in [-0.4, -0.2) is 30.7 Å². The number of hydrogen-bond donors (Lipinski definition) is 1. The van der Waals surface area contributed by atoms with Crippen molar-refractivity contribution >= 4 is 17.4 Å². The van der Waals surface area contributed by atoms with Crippen molar-refractivity contribution in [3.8, 4) is 0 Å². The molecule has 0 radical (unpaired) electrons. The van der Waals surface area contributed by atoms with Crippen LogP contribution in [0.25, 0.3) is 0 Å². The second-order valence-electron chi connectivity index (χ2n) is 3.76. The van der Waals surface area contributed by atoms with Gasteiger partial charge in [-0.3, -0.25) is 0 Å². The Morgan fingerprint density at radius 1 is 1.50 bits per heavy atom. The molecule has 0 aromatic heterocycles. The highest BCUT2D eigenvalue weighted by Gasteiger charge is 2.15. The predicted octanol–water partition coefficient (Wildman–Crippen LogP) is 2.68.